The van der Waals surface area contributed by atoms with E-state index in [1.807, 2.05) is 23.7 Å². The smallest absolute Gasteiger partial charge is 0.310 e. The number of aryl methyl sites for hydroxylation is 2. The maximum absolute atomic E-state index is 13.1. The molecule has 4 nitrogen and oxygen atoms in total. The highest BCUT2D eigenvalue weighted by molar-refractivity contribution is 5.92. The molecule has 0 aliphatic heterocycles. The SMILES string of the molecule is Cc1cnn(C2CCCc3ccccc32)c1NC(=O)C1CCCC(C(F)(F)F)C1. The van der Waals surface area contributed by atoms with Gasteiger partial charge in [0.1, 0.15) is 5.82 Å². The maximum Gasteiger partial charge on any atom is 0.391 e. The van der Waals surface area contributed by atoms with E-state index in [9.17, 15) is 18.0 Å². The minimum absolute atomic E-state index is 0.0261. The second kappa shape index (κ2) is 7.84. The lowest BCUT2D eigenvalue weighted by molar-refractivity contribution is -0.185. The van der Waals surface area contributed by atoms with Crippen LogP contribution in [0.4, 0.5) is 19.0 Å². The number of hydrogen-bond donors (Lipinski definition) is 1. The Balaban J connectivity index is 1.55. The average molecular weight is 405 g/mol. The summed E-state index contributed by atoms with van der Waals surface area (Å²) in [4.78, 5) is 12.9. The first-order valence-electron chi connectivity index (χ1n) is 10.3. The van der Waals surface area contributed by atoms with E-state index in [1.165, 1.54) is 11.1 Å². The molecule has 3 unspecified atom stereocenters. The Hall–Kier alpha value is -2.31. The van der Waals surface area contributed by atoms with Gasteiger partial charge in [-0.2, -0.15) is 18.3 Å². The number of nitrogens with one attached hydrogen (secondary N) is 1. The van der Waals surface area contributed by atoms with E-state index in [0.717, 1.165) is 24.8 Å². The standard InChI is InChI=1S/C22H26F3N3O/c1-14-13-26-28(19-11-5-7-15-6-2-3-10-18(15)19)20(14)27-21(29)16-8-4-9-17(12-16)22(23,24)25/h2-3,6,10,13,16-17,19H,4-5,7-9,11-12H2,1H3,(H,27,29). The van der Waals surface area contributed by atoms with Crippen molar-refractivity contribution in [3.8, 4) is 0 Å². The third kappa shape index (κ3) is 4.05. The summed E-state index contributed by atoms with van der Waals surface area (Å²) >= 11 is 0. The Morgan fingerprint density at radius 3 is 2.76 bits per heavy atom. The van der Waals surface area contributed by atoms with Gasteiger partial charge in [-0.05, 0) is 56.6 Å². The fraction of sp³-hybridized carbons (Fsp3) is 0.545. The summed E-state index contributed by atoms with van der Waals surface area (Å²) < 4.78 is 41.2. The Morgan fingerprint density at radius 2 is 1.97 bits per heavy atom. The molecule has 0 saturated heterocycles. The number of halogens is 3. The van der Waals surface area contributed by atoms with Gasteiger partial charge in [-0.15, -0.1) is 0 Å². The number of nitrogens with zero attached hydrogens (tertiary/aromatic N) is 2. The zero-order chi connectivity index (χ0) is 20.6. The van der Waals surface area contributed by atoms with Crippen molar-refractivity contribution < 1.29 is 18.0 Å². The van der Waals surface area contributed by atoms with Crippen LogP contribution in [-0.2, 0) is 11.2 Å². The second-order valence-corrected chi connectivity index (χ2v) is 8.32. The molecule has 0 radical (unpaired) electrons. The number of anilines is 1. The average Bonchev–Trinajstić information content (AvgIpc) is 3.07. The van der Waals surface area contributed by atoms with Crippen LogP contribution in [0.1, 0.15) is 61.3 Å². The van der Waals surface area contributed by atoms with Crippen LogP contribution in [0.25, 0.3) is 0 Å². The first-order chi connectivity index (χ1) is 13.8. The van der Waals surface area contributed by atoms with Gasteiger partial charge < -0.3 is 5.32 Å². The minimum atomic E-state index is -4.23. The molecule has 2 aromatic rings. The third-order valence-electron chi connectivity index (χ3n) is 6.36. The molecule has 3 atom stereocenters. The number of carbonyl (C=O) groups is 1. The molecule has 4 rings (SSSR count). The van der Waals surface area contributed by atoms with E-state index in [0.29, 0.717) is 18.7 Å². The number of aromatic nitrogens is 2. The Morgan fingerprint density at radius 1 is 1.17 bits per heavy atom. The van der Waals surface area contributed by atoms with Gasteiger partial charge >= 0.3 is 6.18 Å². The highest BCUT2D eigenvalue weighted by atomic mass is 19.4. The van der Waals surface area contributed by atoms with Crippen molar-refractivity contribution in [3.63, 3.8) is 0 Å². The summed E-state index contributed by atoms with van der Waals surface area (Å²) in [6.45, 7) is 1.87. The summed E-state index contributed by atoms with van der Waals surface area (Å²) in [6.07, 6.45) is 1.36. The summed E-state index contributed by atoms with van der Waals surface area (Å²) in [7, 11) is 0. The van der Waals surface area contributed by atoms with E-state index in [4.69, 9.17) is 0 Å². The van der Waals surface area contributed by atoms with Crippen molar-refractivity contribution in [2.24, 2.45) is 11.8 Å². The van der Waals surface area contributed by atoms with Gasteiger partial charge in [0.2, 0.25) is 5.91 Å². The van der Waals surface area contributed by atoms with Crippen molar-refractivity contribution in [3.05, 3.63) is 47.2 Å². The highest BCUT2D eigenvalue weighted by Crippen LogP contribution is 2.41. The largest absolute Gasteiger partial charge is 0.391 e. The number of benzene rings is 1. The summed E-state index contributed by atoms with van der Waals surface area (Å²) in [5, 5.41) is 7.44. The van der Waals surface area contributed by atoms with Gasteiger partial charge in [0, 0.05) is 11.5 Å². The molecular formula is C22H26F3N3O. The molecule has 0 spiro atoms. The van der Waals surface area contributed by atoms with E-state index >= 15 is 0 Å². The molecule has 1 fully saturated rings. The third-order valence-corrected chi connectivity index (χ3v) is 6.36. The zero-order valence-electron chi connectivity index (χ0n) is 16.5. The highest BCUT2D eigenvalue weighted by Gasteiger charge is 2.43. The molecule has 0 bridgehead atoms. The lowest BCUT2D eigenvalue weighted by Crippen LogP contribution is -2.34. The second-order valence-electron chi connectivity index (χ2n) is 8.32. The van der Waals surface area contributed by atoms with Gasteiger partial charge in [0.15, 0.2) is 0 Å². The number of rotatable bonds is 3. The molecule has 7 heteroatoms. The molecule has 29 heavy (non-hydrogen) atoms. The first-order valence-corrected chi connectivity index (χ1v) is 10.3. The predicted octanol–water partition coefficient (Wildman–Crippen LogP) is 5.42. The van der Waals surface area contributed by atoms with Gasteiger partial charge in [0.05, 0.1) is 18.2 Å². The Labute approximate surface area is 168 Å². The summed E-state index contributed by atoms with van der Waals surface area (Å²) in [6, 6.07) is 8.27. The fourth-order valence-electron chi connectivity index (χ4n) is 4.77. The number of fused-ring (bicyclic) bond motifs is 1. The molecule has 2 aliphatic rings. The van der Waals surface area contributed by atoms with Gasteiger partial charge in [-0.1, -0.05) is 30.7 Å². The van der Waals surface area contributed by atoms with E-state index < -0.39 is 18.0 Å². The lowest BCUT2D eigenvalue weighted by atomic mass is 9.80. The Kier molecular flexibility index (Phi) is 5.40. The maximum atomic E-state index is 13.1. The Bertz CT molecular complexity index is 890. The van der Waals surface area contributed by atoms with Crippen LogP contribution in [0.3, 0.4) is 0 Å². The fourth-order valence-corrected chi connectivity index (χ4v) is 4.77. The molecule has 2 aliphatic carbocycles. The quantitative estimate of drug-likeness (QED) is 0.741. The molecule has 1 saturated carbocycles. The molecular weight excluding hydrogens is 379 g/mol. The first kappa shape index (κ1) is 20.0. The van der Waals surface area contributed by atoms with Crippen LogP contribution < -0.4 is 5.32 Å². The number of amides is 1. The molecule has 156 valence electrons. The topological polar surface area (TPSA) is 46.9 Å². The van der Waals surface area contributed by atoms with E-state index in [2.05, 4.69) is 22.5 Å². The molecule has 1 N–H and O–H groups in total. The zero-order valence-corrected chi connectivity index (χ0v) is 16.5. The van der Waals surface area contributed by atoms with Crippen LogP contribution in [-0.4, -0.2) is 21.9 Å². The normalized spacial score (nSPS) is 24.8. The number of carbonyl (C=O) groups excluding carboxylic acids is 1. The van der Waals surface area contributed by atoms with E-state index in [-0.39, 0.29) is 24.8 Å². The van der Waals surface area contributed by atoms with Crippen molar-refractivity contribution in [1.82, 2.24) is 9.78 Å². The van der Waals surface area contributed by atoms with Crippen molar-refractivity contribution in [1.29, 1.82) is 0 Å². The summed E-state index contributed by atoms with van der Waals surface area (Å²) in [5.74, 6) is -1.72. The molecule has 1 heterocycles. The number of alkyl halides is 3. The van der Waals surface area contributed by atoms with Crippen LogP contribution in [0.5, 0.6) is 0 Å². The molecule has 1 aromatic carbocycles. The predicted molar refractivity (Wildman–Crippen MR) is 105 cm³/mol. The van der Waals surface area contributed by atoms with E-state index in [1.54, 1.807) is 6.20 Å². The van der Waals surface area contributed by atoms with Crippen molar-refractivity contribution >= 4 is 11.7 Å². The monoisotopic (exact) mass is 405 g/mol. The van der Waals surface area contributed by atoms with Crippen LogP contribution in [0.2, 0.25) is 0 Å². The lowest BCUT2D eigenvalue weighted by Gasteiger charge is -2.30. The van der Waals surface area contributed by atoms with Gasteiger partial charge in [-0.25, -0.2) is 4.68 Å². The van der Waals surface area contributed by atoms with Crippen LogP contribution in [0, 0.1) is 18.8 Å². The van der Waals surface area contributed by atoms with Crippen molar-refractivity contribution in [2.75, 3.05) is 5.32 Å². The summed E-state index contributed by atoms with van der Waals surface area (Å²) in [5.41, 5.74) is 3.31. The van der Waals surface area contributed by atoms with Gasteiger partial charge in [-0.3, -0.25) is 4.79 Å². The van der Waals surface area contributed by atoms with Crippen LogP contribution >= 0.6 is 0 Å². The molecule has 1 amide bonds. The van der Waals surface area contributed by atoms with Gasteiger partial charge in [0.25, 0.3) is 0 Å². The minimum Gasteiger partial charge on any atom is -0.310 e. The van der Waals surface area contributed by atoms with Crippen molar-refractivity contribution in [2.45, 2.75) is 64.1 Å². The molecule has 1 aromatic heterocycles. The van der Waals surface area contributed by atoms with Crippen LogP contribution in [0.15, 0.2) is 30.5 Å². The number of hydrogen-bond acceptors (Lipinski definition) is 2.